The van der Waals surface area contributed by atoms with E-state index >= 15 is 0 Å². The molecule has 0 saturated carbocycles. The first-order valence-electron chi connectivity index (χ1n) is 8.84. The van der Waals surface area contributed by atoms with Crippen LogP contribution in [-0.2, 0) is 15.8 Å². The monoisotopic (exact) mass is 375 g/mol. The lowest BCUT2D eigenvalue weighted by molar-refractivity contribution is 0.118. The van der Waals surface area contributed by atoms with Crippen LogP contribution in [0.4, 0.5) is 0 Å². The minimum atomic E-state index is -3.38. The Morgan fingerprint density at radius 1 is 1.12 bits per heavy atom. The maximum atomic E-state index is 12.8. The average molecular weight is 375 g/mol. The third kappa shape index (κ3) is 4.80. The van der Waals surface area contributed by atoms with Gasteiger partial charge in [0.1, 0.15) is 6.10 Å². The third-order valence-corrected chi connectivity index (χ3v) is 6.25. The zero-order valence-electron chi connectivity index (χ0n) is 15.5. The van der Waals surface area contributed by atoms with Crippen LogP contribution in [0, 0.1) is 20.8 Å². The van der Waals surface area contributed by atoms with Gasteiger partial charge in [0.15, 0.2) is 0 Å². The van der Waals surface area contributed by atoms with Crippen LogP contribution in [0.25, 0.3) is 0 Å². The quantitative estimate of drug-likeness (QED) is 0.803. The molecule has 7 heteroatoms. The van der Waals surface area contributed by atoms with Crippen molar-refractivity contribution >= 4 is 10.0 Å². The fourth-order valence-electron chi connectivity index (χ4n) is 3.14. The number of ether oxygens (including phenoxy) is 1. The number of piperidine rings is 1. The van der Waals surface area contributed by atoms with E-state index < -0.39 is 10.0 Å². The lowest BCUT2D eigenvalue weighted by Crippen LogP contribution is -2.44. The summed E-state index contributed by atoms with van der Waals surface area (Å²) in [6, 6.07) is 9.81. The minimum absolute atomic E-state index is 0.0139. The Kier molecular flexibility index (Phi) is 5.58. The van der Waals surface area contributed by atoms with Crippen LogP contribution in [-0.4, -0.2) is 41.9 Å². The van der Waals surface area contributed by atoms with Crippen LogP contribution in [0.3, 0.4) is 0 Å². The smallest absolute Gasteiger partial charge is 0.317 e. The molecule has 3 rings (SSSR count). The fourth-order valence-corrected chi connectivity index (χ4v) is 4.73. The lowest BCUT2D eigenvalue weighted by atomic mass is 10.1. The first-order valence-corrected chi connectivity index (χ1v) is 10.4. The Bertz CT molecular complexity index is 846. The van der Waals surface area contributed by atoms with E-state index in [2.05, 4.69) is 9.97 Å². The van der Waals surface area contributed by atoms with Gasteiger partial charge in [0.25, 0.3) is 0 Å². The highest BCUT2D eigenvalue weighted by atomic mass is 32.2. The van der Waals surface area contributed by atoms with Crippen LogP contribution < -0.4 is 4.74 Å². The van der Waals surface area contributed by atoms with E-state index in [-0.39, 0.29) is 11.9 Å². The molecule has 0 aliphatic carbocycles. The van der Waals surface area contributed by atoms with Gasteiger partial charge in [-0.05, 0) is 45.2 Å². The summed E-state index contributed by atoms with van der Waals surface area (Å²) in [6.45, 7) is 6.63. The predicted octanol–water partition coefficient (Wildman–Crippen LogP) is 2.78. The predicted molar refractivity (Wildman–Crippen MR) is 101 cm³/mol. The third-order valence-electron chi connectivity index (χ3n) is 4.44. The molecule has 6 nitrogen and oxygen atoms in total. The van der Waals surface area contributed by atoms with Gasteiger partial charge in [0, 0.05) is 17.9 Å². The Morgan fingerprint density at radius 3 is 2.42 bits per heavy atom. The molecule has 0 N–H and O–H groups in total. The van der Waals surface area contributed by atoms with E-state index in [9.17, 15) is 8.42 Å². The minimum Gasteiger partial charge on any atom is -0.459 e. The second-order valence-corrected chi connectivity index (χ2v) is 8.88. The molecule has 1 fully saturated rings. The van der Waals surface area contributed by atoms with Gasteiger partial charge in [-0.25, -0.2) is 18.4 Å². The Hall–Kier alpha value is -1.99. The maximum Gasteiger partial charge on any atom is 0.317 e. The van der Waals surface area contributed by atoms with E-state index in [4.69, 9.17) is 4.74 Å². The Balaban J connectivity index is 1.67. The number of benzene rings is 1. The van der Waals surface area contributed by atoms with Gasteiger partial charge in [-0.2, -0.15) is 4.31 Å². The van der Waals surface area contributed by atoms with Gasteiger partial charge in [-0.15, -0.1) is 0 Å². The molecule has 1 saturated heterocycles. The standard InChI is InChI=1S/C19H25N3O3S/c1-14-6-8-17(9-7-14)13-26(23,24)22-10-4-5-18(12-22)25-19-20-15(2)11-16(3)21-19/h6-9,11,18H,4-5,10,12-13H2,1-3H3. The number of hydrogen-bond acceptors (Lipinski definition) is 5. The molecule has 2 aromatic rings. The second kappa shape index (κ2) is 7.72. The van der Waals surface area contributed by atoms with E-state index in [1.165, 1.54) is 4.31 Å². The van der Waals surface area contributed by atoms with Crippen molar-refractivity contribution in [2.75, 3.05) is 13.1 Å². The van der Waals surface area contributed by atoms with Crippen molar-refractivity contribution in [3.05, 3.63) is 52.8 Å². The average Bonchev–Trinajstić information content (AvgIpc) is 2.56. The van der Waals surface area contributed by atoms with Gasteiger partial charge in [-0.3, -0.25) is 0 Å². The summed E-state index contributed by atoms with van der Waals surface area (Å²) < 4.78 is 33.0. The van der Waals surface area contributed by atoms with E-state index in [1.54, 1.807) is 0 Å². The van der Waals surface area contributed by atoms with Crippen molar-refractivity contribution in [1.29, 1.82) is 0 Å². The van der Waals surface area contributed by atoms with Gasteiger partial charge < -0.3 is 4.74 Å². The number of aromatic nitrogens is 2. The van der Waals surface area contributed by atoms with Crippen molar-refractivity contribution in [1.82, 2.24) is 14.3 Å². The summed E-state index contributed by atoms with van der Waals surface area (Å²) >= 11 is 0. The summed E-state index contributed by atoms with van der Waals surface area (Å²) in [5, 5.41) is 0. The highest BCUT2D eigenvalue weighted by Crippen LogP contribution is 2.21. The van der Waals surface area contributed by atoms with Crippen molar-refractivity contribution in [2.45, 2.75) is 45.5 Å². The van der Waals surface area contributed by atoms with E-state index in [0.717, 1.165) is 35.4 Å². The topological polar surface area (TPSA) is 72.4 Å². The summed E-state index contributed by atoms with van der Waals surface area (Å²) in [4.78, 5) is 8.58. The van der Waals surface area contributed by atoms with E-state index in [1.807, 2.05) is 51.1 Å². The van der Waals surface area contributed by atoms with Crippen molar-refractivity contribution in [2.24, 2.45) is 0 Å². The summed E-state index contributed by atoms with van der Waals surface area (Å²) in [5.41, 5.74) is 3.60. The summed E-state index contributed by atoms with van der Waals surface area (Å²) in [7, 11) is -3.38. The molecule has 1 aliphatic rings. The number of aryl methyl sites for hydroxylation is 3. The molecule has 140 valence electrons. The molecule has 0 radical (unpaired) electrons. The Morgan fingerprint density at radius 2 is 1.77 bits per heavy atom. The fraction of sp³-hybridized carbons (Fsp3) is 0.474. The molecule has 1 unspecified atom stereocenters. The summed E-state index contributed by atoms with van der Waals surface area (Å²) in [5.74, 6) is 0.0139. The molecular formula is C19H25N3O3S. The van der Waals surface area contributed by atoms with Crippen molar-refractivity contribution in [3.8, 4) is 6.01 Å². The molecule has 0 bridgehead atoms. The maximum absolute atomic E-state index is 12.8. The molecule has 1 aromatic carbocycles. The number of rotatable bonds is 5. The summed E-state index contributed by atoms with van der Waals surface area (Å²) in [6.07, 6.45) is 1.34. The highest BCUT2D eigenvalue weighted by molar-refractivity contribution is 7.88. The van der Waals surface area contributed by atoms with Crippen molar-refractivity contribution in [3.63, 3.8) is 0 Å². The molecule has 1 aromatic heterocycles. The SMILES string of the molecule is Cc1ccc(CS(=O)(=O)N2CCCC(Oc3nc(C)cc(C)n3)C2)cc1. The van der Waals surface area contributed by atoms with Gasteiger partial charge in [-0.1, -0.05) is 29.8 Å². The number of hydrogen-bond donors (Lipinski definition) is 0. The van der Waals surface area contributed by atoms with Crippen molar-refractivity contribution < 1.29 is 13.2 Å². The van der Waals surface area contributed by atoms with Gasteiger partial charge in [0.2, 0.25) is 10.0 Å². The van der Waals surface area contributed by atoms with Crippen LogP contribution in [0.5, 0.6) is 6.01 Å². The van der Waals surface area contributed by atoms with E-state index in [0.29, 0.717) is 19.1 Å². The molecule has 26 heavy (non-hydrogen) atoms. The number of sulfonamides is 1. The lowest BCUT2D eigenvalue weighted by Gasteiger charge is -2.31. The van der Waals surface area contributed by atoms with Gasteiger partial charge in [0.05, 0.1) is 12.3 Å². The van der Waals surface area contributed by atoms with Crippen LogP contribution in [0.1, 0.15) is 35.4 Å². The normalized spacial score (nSPS) is 18.7. The largest absolute Gasteiger partial charge is 0.459 e. The number of nitrogens with zero attached hydrogens (tertiary/aromatic N) is 3. The second-order valence-electron chi connectivity index (χ2n) is 6.92. The molecule has 1 atom stereocenters. The molecule has 2 heterocycles. The van der Waals surface area contributed by atoms with Crippen LogP contribution >= 0.6 is 0 Å². The molecule has 0 amide bonds. The zero-order chi connectivity index (χ0) is 18.7. The molecule has 0 spiro atoms. The first-order chi connectivity index (χ1) is 12.3. The Labute approximate surface area is 155 Å². The molecule has 1 aliphatic heterocycles. The molecular weight excluding hydrogens is 350 g/mol. The van der Waals surface area contributed by atoms with Crippen LogP contribution in [0.15, 0.2) is 30.3 Å². The zero-order valence-corrected chi connectivity index (χ0v) is 16.3. The van der Waals surface area contributed by atoms with Crippen LogP contribution in [0.2, 0.25) is 0 Å². The first kappa shape index (κ1) is 18.8. The van der Waals surface area contributed by atoms with Gasteiger partial charge >= 0.3 is 6.01 Å². The highest BCUT2D eigenvalue weighted by Gasteiger charge is 2.30.